The zero-order chi connectivity index (χ0) is 19.7. The van der Waals surface area contributed by atoms with E-state index in [2.05, 4.69) is 9.97 Å². The number of nitrogens with one attached hydrogen (secondary N) is 1. The Morgan fingerprint density at radius 1 is 1.25 bits per heavy atom. The molecule has 28 heavy (non-hydrogen) atoms. The van der Waals surface area contributed by atoms with E-state index in [-0.39, 0.29) is 11.4 Å². The summed E-state index contributed by atoms with van der Waals surface area (Å²) in [5.41, 5.74) is 3.49. The SMILES string of the molecule is COc1ccc(-c2csc3nc(SCc4cccc(F)c4)[nH]c(=O)c23)cc1C. The highest BCUT2D eigenvalue weighted by Gasteiger charge is 2.14. The van der Waals surface area contributed by atoms with Gasteiger partial charge in [-0.15, -0.1) is 11.3 Å². The second kappa shape index (κ2) is 7.77. The third kappa shape index (κ3) is 3.68. The van der Waals surface area contributed by atoms with Crippen LogP contribution in [0.1, 0.15) is 11.1 Å². The van der Waals surface area contributed by atoms with Crippen molar-refractivity contribution < 1.29 is 9.13 Å². The first-order valence-electron chi connectivity index (χ1n) is 8.59. The molecule has 0 fully saturated rings. The lowest BCUT2D eigenvalue weighted by Crippen LogP contribution is -2.08. The third-order valence-corrected chi connectivity index (χ3v) is 6.21. The van der Waals surface area contributed by atoms with Crippen molar-refractivity contribution in [2.45, 2.75) is 17.8 Å². The van der Waals surface area contributed by atoms with Gasteiger partial charge in [0.2, 0.25) is 0 Å². The van der Waals surface area contributed by atoms with Crippen molar-refractivity contribution in [3.05, 3.63) is 75.1 Å². The summed E-state index contributed by atoms with van der Waals surface area (Å²) in [5.74, 6) is 1.07. The van der Waals surface area contributed by atoms with Crippen LogP contribution in [0.2, 0.25) is 0 Å². The van der Waals surface area contributed by atoms with Gasteiger partial charge >= 0.3 is 0 Å². The number of hydrogen-bond acceptors (Lipinski definition) is 5. The first-order chi connectivity index (χ1) is 13.5. The Hall–Kier alpha value is -2.64. The minimum Gasteiger partial charge on any atom is -0.496 e. The number of rotatable bonds is 5. The van der Waals surface area contributed by atoms with E-state index in [1.54, 1.807) is 13.2 Å². The molecule has 4 nitrogen and oxygen atoms in total. The molecule has 0 aliphatic heterocycles. The van der Waals surface area contributed by atoms with Gasteiger partial charge in [-0.3, -0.25) is 4.79 Å². The summed E-state index contributed by atoms with van der Waals surface area (Å²) in [6, 6.07) is 12.3. The average molecular weight is 413 g/mol. The predicted octanol–water partition coefficient (Wildman–Crippen LogP) is 5.40. The van der Waals surface area contributed by atoms with E-state index in [9.17, 15) is 9.18 Å². The highest BCUT2D eigenvalue weighted by Crippen LogP contribution is 2.34. The number of ether oxygens (including phenoxy) is 1. The Morgan fingerprint density at radius 3 is 2.86 bits per heavy atom. The maximum atomic E-state index is 13.3. The Morgan fingerprint density at radius 2 is 2.11 bits per heavy atom. The number of halogens is 1. The Kier molecular flexibility index (Phi) is 5.19. The molecule has 0 unspecified atom stereocenters. The van der Waals surface area contributed by atoms with E-state index in [1.165, 1.54) is 35.2 Å². The molecule has 0 radical (unpaired) electrons. The first-order valence-corrected chi connectivity index (χ1v) is 10.5. The summed E-state index contributed by atoms with van der Waals surface area (Å²) < 4.78 is 18.6. The fourth-order valence-corrected chi connectivity index (χ4v) is 4.84. The molecule has 0 spiro atoms. The molecule has 0 saturated carbocycles. The number of hydrogen-bond donors (Lipinski definition) is 1. The zero-order valence-corrected chi connectivity index (χ0v) is 16.9. The molecule has 2 aromatic carbocycles. The van der Waals surface area contributed by atoms with Crippen LogP contribution in [0.3, 0.4) is 0 Å². The summed E-state index contributed by atoms with van der Waals surface area (Å²) in [6.07, 6.45) is 0. The number of fused-ring (bicyclic) bond motifs is 1. The summed E-state index contributed by atoms with van der Waals surface area (Å²) in [4.78, 5) is 20.9. The van der Waals surface area contributed by atoms with Crippen LogP contribution in [0.4, 0.5) is 4.39 Å². The van der Waals surface area contributed by atoms with E-state index >= 15 is 0 Å². The minimum absolute atomic E-state index is 0.170. The molecule has 0 atom stereocenters. The minimum atomic E-state index is -0.271. The van der Waals surface area contributed by atoms with E-state index in [0.29, 0.717) is 21.1 Å². The molecule has 2 aromatic heterocycles. The van der Waals surface area contributed by atoms with Gasteiger partial charge in [0.25, 0.3) is 5.56 Å². The number of aromatic amines is 1. The van der Waals surface area contributed by atoms with Crippen molar-refractivity contribution >= 4 is 33.3 Å². The van der Waals surface area contributed by atoms with Crippen LogP contribution < -0.4 is 10.3 Å². The Labute approximate surface area is 169 Å². The van der Waals surface area contributed by atoms with Gasteiger partial charge < -0.3 is 9.72 Å². The number of nitrogens with zero attached hydrogens (tertiary/aromatic N) is 1. The molecular weight excluding hydrogens is 395 g/mol. The molecule has 0 aliphatic rings. The molecule has 142 valence electrons. The molecule has 4 aromatic rings. The molecule has 0 aliphatic carbocycles. The van der Waals surface area contributed by atoms with Gasteiger partial charge in [-0.1, -0.05) is 30.0 Å². The van der Waals surface area contributed by atoms with Crippen molar-refractivity contribution in [3.8, 4) is 16.9 Å². The fraction of sp³-hybridized carbons (Fsp3) is 0.143. The number of methoxy groups -OCH3 is 1. The smallest absolute Gasteiger partial charge is 0.260 e. The molecule has 0 amide bonds. The van der Waals surface area contributed by atoms with Gasteiger partial charge in [-0.25, -0.2) is 9.37 Å². The number of aryl methyl sites for hydroxylation is 1. The monoisotopic (exact) mass is 412 g/mol. The standard InChI is InChI=1S/C21H17FN2O2S2/c1-12-8-14(6-7-17(12)26-2)16-11-27-20-18(16)19(25)23-21(24-20)28-10-13-4-3-5-15(22)9-13/h3-9,11H,10H2,1-2H3,(H,23,24,25). The summed E-state index contributed by atoms with van der Waals surface area (Å²) in [6.45, 7) is 1.97. The van der Waals surface area contributed by atoms with Gasteiger partial charge in [-0.05, 0) is 47.9 Å². The van der Waals surface area contributed by atoms with Crippen LogP contribution in [0.25, 0.3) is 21.3 Å². The highest BCUT2D eigenvalue weighted by molar-refractivity contribution is 7.98. The van der Waals surface area contributed by atoms with Crippen LogP contribution >= 0.6 is 23.1 Å². The Balaban J connectivity index is 1.66. The van der Waals surface area contributed by atoms with Crippen LogP contribution in [0.5, 0.6) is 5.75 Å². The van der Waals surface area contributed by atoms with Gasteiger partial charge in [0, 0.05) is 16.7 Å². The fourth-order valence-electron chi connectivity index (χ4n) is 3.03. The second-order valence-corrected chi connectivity index (χ2v) is 8.13. The summed E-state index contributed by atoms with van der Waals surface area (Å²) in [7, 11) is 1.64. The third-order valence-electron chi connectivity index (χ3n) is 4.39. The molecule has 7 heteroatoms. The van der Waals surface area contributed by atoms with E-state index < -0.39 is 0 Å². The molecule has 2 heterocycles. The molecular formula is C21H17FN2O2S2. The molecule has 0 saturated heterocycles. The highest BCUT2D eigenvalue weighted by atomic mass is 32.2. The van der Waals surface area contributed by atoms with Gasteiger partial charge in [0.05, 0.1) is 12.5 Å². The Bertz CT molecular complexity index is 1220. The lowest BCUT2D eigenvalue weighted by atomic mass is 10.0. The van der Waals surface area contributed by atoms with E-state index in [0.717, 1.165) is 28.0 Å². The summed E-state index contributed by atoms with van der Waals surface area (Å²) >= 11 is 2.82. The van der Waals surface area contributed by atoms with E-state index in [1.807, 2.05) is 36.6 Å². The maximum Gasteiger partial charge on any atom is 0.260 e. The molecule has 1 N–H and O–H groups in total. The van der Waals surface area contributed by atoms with Crippen LogP contribution in [-0.4, -0.2) is 17.1 Å². The topological polar surface area (TPSA) is 55.0 Å². The van der Waals surface area contributed by atoms with Crippen LogP contribution in [0.15, 0.2) is 57.8 Å². The molecule has 4 rings (SSSR count). The number of thioether (sulfide) groups is 1. The van der Waals surface area contributed by atoms with Crippen LogP contribution in [-0.2, 0) is 5.75 Å². The number of H-pyrrole nitrogens is 1. The van der Waals surface area contributed by atoms with Crippen molar-refractivity contribution in [3.63, 3.8) is 0 Å². The first kappa shape index (κ1) is 18.7. The van der Waals surface area contributed by atoms with Gasteiger partial charge in [0.15, 0.2) is 5.16 Å². The van der Waals surface area contributed by atoms with E-state index in [4.69, 9.17) is 4.74 Å². The number of thiophene rings is 1. The summed E-state index contributed by atoms with van der Waals surface area (Å²) in [5, 5.41) is 3.07. The zero-order valence-electron chi connectivity index (χ0n) is 15.3. The van der Waals surface area contributed by atoms with Gasteiger partial charge in [-0.2, -0.15) is 0 Å². The largest absolute Gasteiger partial charge is 0.496 e. The van der Waals surface area contributed by atoms with Crippen molar-refractivity contribution in [1.82, 2.24) is 9.97 Å². The van der Waals surface area contributed by atoms with Gasteiger partial charge in [0.1, 0.15) is 16.4 Å². The second-order valence-electron chi connectivity index (χ2n) is 6.30. The lowest BCUT2D eigenvalue weighted by Gasteiger charge is -2.07. The number of benzene rings is 2. The van der Waals surface area contributed by atoms with Crippen LogP contribution in [0, 0.1) is 12.7 Å². The molecule has 0 bridgehead atoms. The average Bonchev–Trinajstić information content (AvgIpc) is 3.11. The maximum absolute atomic E-state index is 13.3. The van der Waals surface area contributed by atoms with Crippen molar-refractivity contribution in [2.75, 3.05) is 7.11 Å². The quantitative estimate of drug-likeness (QED) is 0.352. The lowest BCUT2D eigenvalue weighted by molar-refractivity contribution is 0.412. The normalized spacial score (nSPS) is 11.1. The predicted molar refractivity (Wildman–Crippen MR) is 113 cm³/mol. The van der Waals surface area contributed by atoms with Crippen molar-refractivity contribution in [2.24, 2.45) is 0 Å². The number of aromatic nitrogens is 2. The van der Waals surface area contributed by atoms with Crippen molar-refractivity contribution in [1.29, 1.82) is 0 Å².